The zero-order valence-corrected chi connectivity index (χ0v) is 16.6. The Balaban J connectivity index is 1.76. The van der Waals surface area contributed by atoms with Crippen molar-refractivity contribution in [2.24, 2.45) is 5.92 Å². The summed E-state index contributed by atoms with van der Waals surface area (Å²) in [5.41, 5.74) is 5.17. The minimum Gasteiger partial charge on any atom is -0.325 e. The topological polar surface area (TPSA) is 46.9 Å². The van der Waals surface area contributed by atoms with Gasteiger partial charge < -0.3 is 9.88 Å². The number of hydrogen-bond acceptors (Lipinski definition) is 3. The molecule has 0 spiro atoms. The predicted octanol–water partition coefficient (Wildman–Crippen LogP) is 5.04. The van der Waals surface area contributed by atoms with Gasteiger partial charge in [-0.25, -0.2) is 4.98 Å². The van der Waals surface area contributed by atoms with Crippen molar-refractivity contribution in [1.29, 1.82) is 0 Å². The van der Waals surface area contributed by atoms with E-state index in [1.54, 1.807) is 0 Å². The molecule has 0 radical (unpaired) electrons. The maximum atomic E-state index is 12.5. The number of nitrogens with one attached hydrogen (secondary N) is 1. The van der Waals surface area contributed by atoms with E-state index in [4.69, 9.17) is 4.98 Å². The number of fused-ring (bicyclic) bond motifs is 1. The van der Waals surface area contributed by atoms with Crippen molar-refractivity contribution < 1.29 is 4.79 Å². The van der Waals surface area contributed by atoms with Crippen LogP contribution >= 0.6 is 11.8 Å². The van der Waals surface area contributed by atoms with Crippen LogP contribution in [0.25, 0.3) is 11.0 Å². The number of nitrogens with zero attached hydrogens (tertiary/aromatic N) is 2. The van der Waals surface area contributed by atoms with Gasteiger partial charge in [-0.3, -0.25) is 4.79 Å². The molecule has 0 saturated heterocycles. The van der Waals surface area contributed by atoms with E-state index >= 15 is 0 Å². The van der Waals surface area contributed by atoms with Gasteiger partial charge in [-0.15, -0.1) is 0 Å². The fraction of sp³-hybridized carbons (Fsp3) is 0.333. The summed E-state index contributed by atoms with van der Waals surface area (Å²) in [6.45, 7) is 9.30. The molecule has 0 bridgehead atoms. The zero-order chi connectivity index (χ0) is 18.7. The first-order valence-corrected chi connectivity index (χ1v) is 9.88. The number of carbonyl (C=O) groups is 1. The van der Waals surface area contributed by atoms with Crippen LogP contribution in [-0.4, -0.2) is 21.2 Å². The van der Waals surface area contributed by atoms with Gasteiger partial charge in [-0.2, -0.15) is 0 Å². The summed E-state index contributed by atoms with van der Waals surface area (Å²) in [6.07, 6.45) is 0. The molecule has 0 saturated carbocycles. The Bertz CT molecular complexity index is 910. The maximum absolute atomic E-state index is 12.5. The normalized spacial score (nSPS) is 11.3. The van der Waals surface area contributed by atoms with Crippen molar-refractivity contribution in [2.75, 3.05) is 11.1 Å². The van der Waals surface area contributed by atoms with Gasteiger partial charge in [-0.1, -0.05) is 55.9 Å². The number of amides is 1. The van der Waals surface area contributed by atoms with Crippen LogP contribution in [0.5, 0.6) is 0 Å². The number of aryl methyl sites for hydroxylation is 2. The zero-order valence-electron chi connectivity index (χ0n) is 15.7. The number of para-hydroxylation sites is 3. The van der Waals surface area contributed by atoms with Crippen LogP contribution in [0.4, 0.5) is 5.69 Å². The number of benzene rings is 2. The number of carbonyl (C=O) groups excluding carboxylic acids is 1. The molecule has 1 aromatic heterocycles. The Kier molecular flexibility index (Phi) is 5.67. The molecule has 4 nitrogen and oxygen atoms in total. The Hall–Kier alpha value is -2.27. The molecule has 0 atom stereocenters. The molecule has 5 heteroatoms. The third-order valence-corrected chi connectivity index (χ3v) is 5.22. The van der Waals surface area contributed by atoms with E-state index in [0.717, 1.165) is 39.5 Å². The van der Waals surface area contributed by atoms with Crippen molar-refractivity contribution in [1.82, 2.24) is 9.55 Å². The SMILES string of the molecule is Cc1cccc(C)c1NC(=O)CSc1nc2ccccc2n1CC(C)C. The molecule has 136 valence electrons. The molecule has 2 aromatic carbocycles. The molecule has 1 amide bonds. The lowest BCUT2D eigenvalue weighted by molar-refractivity contribution is -0.113. The first-order chi connectivity index (χ1) is 12.5. The Morgan fingerprint density at radius 1 is 1.12 bits per heavy atom. The quantitative estimate of drug-likeness (QED) is 0.621. The van der Waals surface area contributed by atoms with Crippen LogP contribution in [0.1, 0.15) is 25.0 Å². The van der Waals surface area contributed by atoms with Crippen molar-refractivity contribution in [3.63, 3.8) is 0 Å². The van der Waals surface area contributed by atoms with E-state index < -0.39 is 0 Å². The summed E-state index contributed by atoms with van der Waals surface area (Å²) in [5, 5.41) is 3.95. The van der Waals surface area contributed by atoms with Gasteiger partial charge in [0.25, 0.3) is 0 Å². The second-order valence-corrected chi connectivity index (χ2v) is 7.93. The first kappa shape index (κ1) is 18.5. The van der Waals surface area contributed by atoms with Gasteiger partial charge in [0.2, 0.25) is 5.91 Å². The molecule has 0 aliphatic carbocycles. The highest BCUT2D eigenvalue weighted by Gasteiger charge is 2.14. The van der Waals surface area contributed by atoms with Crippen molar-refractivity contribution in [2.45, 2.75) is 39.4 Å². The standard InChI is InChI=1S/C21H25N3OS/c1-14(2)12-24-18-11-6-5-10-17(18)22-21(24)26-13-19(25)23-20-15(3)8-7-9-16(20)4/h5-11,14H,12-13H2,1-4H3,(H,23,25). The molecule has 1 heterocycles. The van der Waals surface area contributed by atoms with Gasteiger partial charge in [-0.05, 0) is 43.0 Å². The summed E-state index contributed by atoms with van der Waals surface area (Å²) in [4.78, 5) is 17.2. The molecule has 1 N–H and O–H groups in total. The average molecular weight is 368 g/mol. The molecule has 3 aromatic rings. The molecule has 0 aliphatic heterocycles. The second-order valence-electron chi connectivity index (χ2n) is 6.99. The maximum Gasteiger partial charge on any atom is 0.234 e. The largest absolute Gasteiger partial charge is 0.325 e. The van der Waals surface area contributed by atoms with E-state index in [9.17, 15) is 4.79 Å². The molecule has 0 unspecified atom stereocenters. The van der Waals surface area contributed by atoms with Crippen LogP contribution in [0, 0.1) is 19.8 Å². The van der Waals surface area contributed by atoms with Crippen molar-refractivity contribution >= 4 is 34.4 Å². The Morgan fingerprint density at radius 3 is 2.50 bits per heavy atom. The average Bonchev–Trinajstić information content (AvgIpc) is 2.94. The summed E-state index contributed by atoms with van der Waals surface area (Å²) < 4.78 is 2.22. The van der Waals surface area contributed by atoms with E-state index in [2.05, 4.69) is 29.8 Å². The van der Waals surface area contributed by atoms with Gasteiger partial charge in [0.15, 0.2) is 5.16 Å². The number of hydrogen-bond donors (Lipinski definition) is 1. The summed E-state index contributed by atoms with van der Waals surface area (Å²) in [5.74, 6) is 0.848. The highest BCUT2D eigenvalue weighted by molar-refractivity contribution is 7.99. The molecule has 26 heavy (non-hydrogen) atoms. The Labute approximate surface area is 159 Å². The van der Waals surface area contributed by atoms with Crippen LogP contribution < -0.4 is 5.32 Å². The molecule has 3 rings (SSSR count). The van der Waals surface area contributed by atoms with E-state index in [0.29, 0.717) is 11.7 Å². The van der Waals surface area contributed by atoms with Crippen molar-refractivity contribution in [3.8, 4) is 0 Å². The summed E-state index contributed by atoms with van der Waals surface area (Å²) in [7, 11) is 0. The fourth-order valence-corrected chi connectivity index (χ4v) is 3.85. The number of thioether (sulfide) groups is 1. The van der Waals surface area contributed by atoms with Crippen LogP contribution in [0.2, 0.25) is 0 Å². The Morgan fingerprint density at radius 2 is 1.81 bits per heavy atom. The minimum absolute atomic E-state index is 0.00412. The van der Waals surface area contributed by atoms with Crippen molar-refractivity contribution in [3.05, 3.63) is 53.6 Å². The molecular formula is C21H25N3OS. The molecule has 0 aliphatic rings. The minimum atomic E-state index is -0.00412. The van der Waals surface area contributed by atoms with Crippen LogP contribution in [0.15, 0.2) is 47.6 Å². The van der Waals surface area contributed by atoms with Crippen LogP contribution in [0.3, 0.4) is 0 Å². The van der Waals surface area contributed by atoms with Gasteiger partial charge in [0, 0.05) is 12.2 Å². The fourth-order valence-electron chi connectivity index (χ4n) is 3.02. The lowest BCUT2D eigenvalue weighted by Gasteiger charge is -2.13. The lowest BCUT2D eigenvalue weighted by Crippen LogP contribution is -2.16. The van der Waals surface area contributed by atoms with Crippen LogP contribution in [-0.2, 0) is 11.3 Å². The summed E-state index contributed by atoms with van der Waals surface area (Å²) >= 11 is 1.49. The highest BCUT2D eigenvalue weighted by Crippen LogP contribution is 2.26. The lowest BCUT2D eigenvalue weighted by atomic mass is 10.1. The monoisotopic (exact) mass is 367 g/mol. The third-order valence-electron chi connectivity index (χ3n) is 4.25. The number of anilines is 1. The van der Waals surface area contributed by atoms with E-state index in [1.165, 1.54) is 11.8 Å². The second kappa shape index (κ2) is 7.96. The van der Waals surface area contributed by atoms with Gasteiger partial charge in [0.1, 0.15) is 0 Å². The first-order valence-electron chi connectivity index (χ1n) is 8.90. The van der Waals surface area contributed by atoms with E-state index in [1.807, 2.05) is 50.2 Å². The number of rotatable bonds is 6. The van der Waals surface area contributed by atoms with Gasteiger partial charge in [0.05, 0.1) is 16.8 Å². The third kappa shape index (κ3) is 4.10. The summed E-state index contributed by atoms with van der Waals surface area (Å²) in [6, 6.07) is 14.2. The molecular weight excluding hydrogens is 342 g/mol. The number of imidazole rings is 1. The smallest absolute Gasteiger partial charge is 0.234 e. The highest BCUT2D eigenvalue weighted by atomic mass is 32.2. The number of aromatic nitrogens is 2. The van der Waals surface area contributed by atoms with Gasteiger partial charge >= 0.3 is 0 Å². The predicted molar refractivity (Wildman–Crippen MR) is 110 cm³/mol. The van der Waals surface area contributed by atoms with E-state index in [-0.39, 0.29) is 5.91 Å². The molecule has 0 fully saturated rings.